The fourth-order valence-electron chi connectivity index (χ4n) is 1.33. The van der Waals surface area contributed by atoms with E-state index < -0.39 is 15.3 Å². The summed E-state index contributed by atoms with van der Waals surface area (Å²) in [6.07, 6.45) is 0. The fraction of sp³-hybridized carbons (Fsp3) is 0.429. The molecule has 0 fully saturated rings. The average molecular weight is 235 g/mol. The zero-order valence-electron chi connectivity index (χ0n) is 6.98. The van der Waals surface area contributed by atoms with Crippen LogP contribution in [0, 0.1) is 6.92 Å². The van der Waals surface area contributed by atoms with Crippen molar-refractivity contribution >= 4 is 33.1 Å². The molecule has 13 heavy (non-hydrogen) atoms. The van der Waals surface area contributed by atoms with Crippen LogP contribution in [-0.2, 0) is 10.0 Å². The van der Waals surface area contributed by atoms with Gasteiger partial charge in [0.25, 0.3) is 0 Å². The third-order valence-electron chi connectivity index (χ3n) is 1.93. The predicted octanol–water partition coefficient (Wildman–Crippen LogP) is 1.49. The van der Waals surface area contributed by atoms with Crippen LogP contribution < -0.4 is 5.14 Å². The monoisotopic (exact) mass is 235 g/mol. The lowest BCUT2D eigenvalue weighted by Gasteiger charge is -2.04. The lowest BCUT2D eigenvalue weighted by molar-refractivity contribution is 0.589. The van der Waals surface area contributed by atoms with Gasteiger partial charge in [-0.05, 0) is 13.0 Å². The molecule has 0 saturated carbocycles. The Labute approximate surface area is 85.4 Å². The summed E-state index contributed by atoms with van der Waals surface area (Å²) in [5.41, 5.74) is 0. The quantitative estimate of drug-likeness (QED) is 0.802. The number of rotatable bonds is 1. The molecule has 0 saturated heterocycles. The van der Waals surface area contributed by atoms with E-state index in [2.05, 4.69) is 0 Å². The molecule has 0 spiro atoms. The summed E-state index contributed by atoms with van der Waals surface area (Å²) in [6, 6.07) is 2.02. The van der Waals surface area contributed by atoms with E-state index in [1.54, 1.807) is 11.8 Å². The Kier molecular flexibility index (Phi) is 2.18. The Morgan fingerprint density at radius 2 is 2.31 bits per heavy atom. The number of fused-ring (bicyclic) bond motifs is 1. The number of nitrogens with two attached hydrogens (primary N) is 1. The van der Waals surface area contributed by atoms with Crippen molar-refractivity contribution in [3.63, 3.8) is 0 Å². The SMILES string of the molecule is Cc1cc2c(s1)C(S(N)(=O)=O)CS2. The average Bonchev–Trinajstić information content (AvgIpc) is 2.41. The molecule has 1 unspecified atom stereocenters. The van der Waals surface area contributed by atoms with Gasteiger partial charge in [0, 0.05) is 20.4 Å². The van der Waals surface area contributed by atoms with Crippen molar-refractivity contribution < 1.29 is 8.42 Å². The van der Waals surface area contributed by atoms with Gasteiger partial charge in [-0.2, -0.15) is 0 Å². The first-order valence-electron chi connectivity index (χ1n) is 3.73. The first-order valence-corrected chi connectivity index (χ1v) is 7.14. The molecule has 0 amide bonds. The molecule has 72 valence electrons. The zero-order chi connectivity index (χ0) is 9.64. The van der Waals surface area contributed by atoms with Crippen LogP contribution in [0.25, 0.3) is 0 Å². The third-order valence-corrected chi connectivity index (χ3v) is 5.93. The van der Waals surface area contributed by atoms with Gasteiger partial charge in [0.2, 0.25) is 10.0 Å². The van der Waals surface area contributed by atoms with Gasteiger partial charge >= 0.3 is 0 Å². The van der Waals surface area contributed by atoms with E-state index in [4.69, 9.17) is 5.14 Å². The summed E-state index contributed by atoms with van der Waals surface area (Å²) >= 11 is 3.11. The normalized spacial score (nSPS) is 21.8. The zero-order valence-corrected chi connectivity index (χ0v) is 9.43. The molecule has 1 aliphatic heterocycles. The number of primary sulfonamides is 1. The number of sulfonamides is 1. The van der Waals surface area contributed by atoms with Crippen LogP contribution in [0.5, 0.6) is 0 Å². The highest BCUT2D eigenvalue weighted by molar-refractivity contribution is 8.01. The maximum absolute atomic E-state index is 11.2. The standard InChI is InChI=1S/C7H9NO2S3/c1-4-2-5-7(12-4)6(3-11-5)13(8,9)10/h2,6H,3H2,1H3,(H2,8,9,10). The lowest BCUT2D eigenvalue weighted by Crippen LogP contribution is -2.20. The van der Waals surface area contributed by atoms with Crippen LogP contribution in [0.2, 0.25) is 0 Å². The molecule has 3 nitrogen and oxygen atoms in total. The summed E-state index contributed by atoms with van der Waals surface area (Å²) in [5.74, 6) is 0.570. The molecule has 2 rings (SSSR count). The van der Waals surface area contributed by atoms with Crippen molar-refractivity contribution in [2.75, 3.05) is 5.75 Å². The first kappa shape index (κ1) is 9.51. The van der Waals surface area contributed by atoms with Gasteiger partial charge < -0.3 is 0 Å². The molecule has 0 radical (unpaired) electrons. The van der Waals surface area contributed by atoms with E-state index in [0.717, 1.165) is 14.6 Å². The molecule has 2 heterocycles. The second-order valence-electron chi connectivity index (χ2n) is 2.97. The topological polar surface area (TPSA) is 60.2 Å². The summed E-state index contributed by atoms with van der Waals surface area (Å²) in [5, 5.41) is 4.65. The number of aryl methyl sites for hydroxylation is 1. The Bertz CT molecular complexity index is 435. The van der Waals surface area contributed by atoms with Crippen LogP contribution >= 0.6 is 23.1 Å². The van der Waals surface area contributed by atoms with Gasteiger partial charge in [-0.25, -0.2) is 13.6 Å². The smallest absolute Gasteiger partial charge is 0.217 e. The number of hydrogen-bond acceptors (Lipinski definition) is 4. The second kappa shape index (κ2) is 2.98. The van der Waals surface area contributed by atoms with Crippen LogP contribution in [0.4, 0.5) is 0 Å². The van der Waals surface area contributed by atoms with Crippen molar-refractivity contribution in [3.05, 3.63) is 15.8 Å². The van der Waals surface area contributed by atoms with Crippen molar-refractivity contribution in [1.29, 1.82) is 0 Å². The molecule has 1 atom stereocenters. The van der Waals surface area contributed by atoms with Crippen molar-refractivity contribution in [2.24, 2.45) is 5.14 Å². The van der Waals surface area contributed by atoms with Crippen molar-refractivity contribution in [1.82, 2.24) is 0 Å². The minimum absolute atomic E-state index is 0.480. The van der Waals surface area contributed by atoms with Gasteiger partial charge in [0.15, 0.2) is 0 Å². The van der Waals surface area contributed by atoms with Crippen LogP contribution in [0.3, 0.4) is 0 Å². The van der Waals surface area contributed by atoms with Gasteiger partial charge in [-0.3, -0.25) is 0 Å². The highest BCUT2D eigenvalue weighted by Gasteiger charge is 2.33. The van der Waals surface area contributed by atoms with Gasteiger partial charge in [-0.1, -0.05) is 0 Å². The summed E-state index contributed by atoms with van der Waals surface area (Å²) < 4.78 is 22.4. The molecule has 1 aromatic heterocycles. The minimum atomic E-state index is -3.41. The highest BCUT2D eigenvalue weighted by atomic mass is 32.2. The van der Waals surface area contributed by atoms with Gasteiger partial charge in [0.1, 0.15) is 5.25 Å². The Morgan fingerprint density at radius 1 is 1.62 bits per heavy atom. The van der Waals surface area contributed by atoms with Gasteiger partial charge in [-0.15, -0.1) is 23.1 Å². The molecule has 0 aliphatic carbocycles. The van der Waals surface area contributed by atoms with E-state index >= 15 is 0 Å². The van der Waals surface area contributed by atoms with Crippen LogP contribution in [0.15, 0.2) is 11.0 Å². The van der Waals surface area contributed by atoms with E-state index in [1.807, 2.05) is 13.0 Å². The number of hydrogen-bond donors (Lipinski definition) is 1. The molecule has 1 aliphatic rings. The molecule has 6 heteroatoms. The Morgan fingerprint density at radius 3 is 2.92 bits per heavy atom. The lowest BCUT2D eigenvalue weighted by atomic mass is 10.4. The molecular formula is C7H9NO2S3. The van der Waals surface area contributed by atoms with Gasteiger partial charge in [0.05, 0.1) is 0 Å². The number of thiophene rings is 1. The highest BCUT2D eigenvalue weighted by Crippen LogP contribution is 2.46. The Balaban J connectivity index is 2.49. The van der Waals surface area contributed by atoms with Crippen molar-refractivity contribution in [3.8, 4) is 0 Å². The number of thioether (sulfide) groups is 1. The molecule has 1 aromatic rings. The summed E-state index contributed by atoms with van der Waals surface area (Å²) in [6.45, 7) is 1.98. The van der Waals surface area contributed by atoms with Crippen LogP contribution in [-0.4, -0.2) is 14.2 Å². The summed E-state index contributed by atoms with van der Waals surface area (Å²) in [7, 11) is -3.41. The largest absolute Gasteiger partial charge is 0.228 e. The van der Waals surface area contributed by atoms with E-state index in [9.17, 15) is 8.42 Å². The minimum Gasteiger partial charge on any atom is -0.228 e. The maximum Gasteiger partial charge on any atom is 0.217 e. The Hall–Kier alpha value is -0.0400. The fourth-order valence-corrected chi connectivity index (χ4v) is 5.76. The van der Waals surface area contributed by atoms with E-state index in [-0.39, 0.29) is 0 Å². The van der Waals surface area contributed by atoms with Crippen molar-refractivity contribution in [2.45, 2.75) is 17.1 Å². The first-order chi connectivity index (χ1) is 5.98. The third kappa shape index (κ3) is 1.63. The molecule has 0 aromatic carbocycles. The predicted molar refractivity (Wildman–Crippen MR) is 55.6 cm³/mol. The van der Waals surface area contributed by atoms with E-state index in [1.165, 1.54) is 11.3 Å². The van der Waals surface area contributed by atoms with Crippen LogP contribution in [0.1, 0.15) is 15.0 Å². The second-order valence-corrected chi connectivity index (χ2v) is 7.07. The summed E-state index contributed by atoms with van der Waals surface area (Å²) in [4.78, 5) is 3.15. The molecule has 0 bridgehead atoms. The molecule has 2 N–H and O–H groups in total. The molecular weight excluding hydrogens is 226 g/mol. The van der Waals surface area contributed by atoms with E-state index in [0.29, 0.717) is 5.75 Å². The maximum atomic E-state index is 11.2.